The summed E-state index contributed by atoms with van der Waals surface area (Å²) in [6.07, 6.45) is 8.37. The second-order valence-corrected chi connectivity index (χ2v) is 11.2. The molecule has 0 saturated carbocycles. The van der Waals surface area contributed by atoms with Gasteiger partial charge >= 0.3 is 36.9 Å². The molecule has 3 aliphatic rings. The maximum atomic E-state index is 11.5. The van der Waals surface area contributed by atoms with Crippen LogP contribution in [0.25, 0.3) is 44.4 Å². The third-order valence-corrected chi connectivity index (χ3v) is 8.27. The number of benzene rings is 1. The van der Waals surface area contributed by atoms with Gasteiger partial charge in [0.25, 0.3) is 0 Å². The van der Waals surface area contributed by atoms with Crippen LogP contribution in [0.5, 0.6) is 5.75 Å². The number of fused-ring (bicyclic) bond motifs is 7. The van der Waals surface area contributed by atoms with Gasteiger partial charge in [0.15, 0.2) is 0 Å². The number of allylic oxidation sites excluding steroid dienone is 4. The van der Waals surface area contributed by atoms with E-state index in [2.05, 4.69) is 33.8 Å². The minimum absolute atomic E-state index is 0. The molecule has 0 spiro atoms. The van der Waals surface area contributed by atoms with Gasteiger partial charge in [0.1, 0.15) is 11.4 Å². The number of para-hydroxylation sites is 2. The molecule has 6 bridgehead atoms. The van der Waals surface area contributed by atoms with E-state index in [1.807, 2.05) is 36.7 Å². The largest absolute Gasteiger partial charge is 3.00 e. The van der Waals surface area contributed by atoms with E-state index in [1.165, 1.54) is 16.7 Å². The molecule has 6 rings (SSSR count). The van der Waals surface area contributed by atoms with E-state index >= 15 is 0 Å². The van der Waals surface area contributed by atoms with Crippen LogP contribution in [0.4, 0.5) is 0 Å². The van der Waals surface area contributed by atoms with Crippen LogP contribution in [0.15, 0.2) is 42.7 Å². The minimum atomic E-state index is -1.08. The van der Waals surface area contributed by atoms with Gasteiger partial charge in [-0.25, -0.2) is 9.97 Å². The number of aryl methyl sites for hydroxylation is 2. The number of carboxylic acids is 1. The molecule has 2 aromatic heterocycles. The molecule has 0 atom stereocenters. The van der Waals surface area contributed by atoms with Gasteiger partial charge in [0.2, 0.25) is 0 Å². The Morgan fingerprint density at radius 3 is 2.20 bits per heavy atom. The molecule has 3 aliphatic heterocycles. The van der Waals surface area contributed by atoms with Crippen LogP contribution in [0.2, 0.25) is 0 Å². The van der Waals surface area contributed by atoms with Crippen LogP contribution >= 0.6 is 0 Å². The fourth-order valence-corrected chi connectivity index (χ4v) is 6.04. The van der Waals surface area contributed by atoms with Crippen LogP contribution in [0.1, 0.15) is 94.2 Å². The molecule has 0 unspecified atom stereocenters. The molecule has 10 heteroatoms. The number of carboxylic acid groups (broad SMARTS) is 1. The van der Waals surface area contributed by atoms with E-state index < -0.39 is 5.97 Å². The topological polar surface area (TPSA) is 138 Å². The Hall–Kier alpha value is -3.40. The smallest absolute Gasteiger partial charge is 0.854 e. The fourth-order valence-electron chi connectivity index (χ4n) is 6.04. The SMILES string of the molecule is CC(=O)[O-].CCc1c(CC)c2[n-]c1cc1nc(cnc3ccccc3ncc3nc4c2OCCCC4=C3C)C(C)=C1CCC[O-].[Lu+3]. The molecule has 0 N–H and O–H groups in total. The summed E-state index contributed by atoms with van der Waals surface area (Å²) in [5.74, 6) is -0.321. The number of aliphatic carboxylic acids is 1. The summed E-state index contributed by atoms with van der Waals surface area (Å²) in [5, 5.41) is 20.4. The van der Waals surface area contributed by atoms with E-state index in [0.29, 0.717) is 19.4 Å². The summed E-state index contributed by atoms with van der Waals surface area (Å²) >= 11 is 0. The van der Waals surface area contributed by atoms with Crippen molar-refractivity contribution in [1.82, 2.24) is 24.9 Å². The summed E-state index contributed by atoms with van der Waals surface area (Å²) in [7, 11) is 0. The molecule has 0 amide bonds. The predicted molar refractivity (Wildman–Crippen MR) is 173 cm³/mol. The zero-order valence-corrected chi connectivity index (χ0v) is 28.5. The van der Waals surface area contributed by atoms with Crippen LogP contribution in [0, 0.1) is 36.9 Å². The van der Waals surface area contributed by atoms with Crippen molar-refractivity contribution < 1.29 is 56.6 Å². The van der Waals surface area contributed by atoms with E-state index in [-0.39, 0.29) is 43.5 Å². The monoisotopic (exact) mass is 779 g/mol. The second kappa shape index (κ2) is 15.9. The Balaban J connectivity index is 0.000000909. The first-order chi connectivity index (χ1) is 21.8. The molecule has 46 heavy (non-hydrogen) atoms. The number of nitrogens with zero attached hydrogens (tertiary/aromatic N) is 5. The number of rotatable bonds is 5. The standard InChI is InChI=1S/C34H35N5O2.C2H4O2.Lu/c1-5-22-23(6-2)32-34-33-25(12-10-16-41-34)21(4)31(39-33)19-36-27-14-8-7-13-26(27)35-18-30-20(3)24(11-9-15-40)29(37-30)17-28(22)38-32;1-2(3)4;/h7-8,13-14,17-19H,5-6,9-12,15-16H2,1-4H3;1H3,(H,3,4);/q-2;;+3/p-1. The Bertz CT molecular complexity index is 1890. The van der Waals surface area contributed by atoms with Crippen molar-refractivity contribution in [2.24, 2.45) is 0 Å². The number of carbonyl (C=O) groups is 1. The molecule has 0 saturated heterocycles. The van der Waals surface area contributed by atoms with Gasteiger partial charge in [-0.15, -0.1) is 12.1 Å². The number of ether oxygens (including phenoxy) is 1. The molecule has 0 aliphatic carbocycles. The van der Waals surface area contributed by atoms with E-state index in [9.17, 15) is 5.11 Å². The first-order valence-corrected chi connectivity index (χ1v) is 15.6. The number of carbonyl (C=O) groups excluding carboxylic acids is 1. The molecule has 5 heterocycles. The zero-order chi connectivity index (χ0) is 32.1. The summed E-state index contributed by atoms with van der Waals surface area (Å²) in [4.78, 5) is 33.9. The Kier molecular flexibility index (Phi) is 12.3. The summed E-state index contributed by atoms with van der Waals surface area (Å²) in [6.45, 7) is 10.0. The van der Waals surface area contributed by atoms with Crippen LogP contribution in [-0.2, 0) is 17.6 Å². The van der Waals surface area contributed by atoms with Crippen molar-refractivity contribution in [2.75, 3.05) is 13.2 Å². The van der Waals surface area contributed by atoms with Gasteiger partial charge in [-0.1, -0.05) is 55.1 Å². The van der Waals surface area contributed by atoms with Crippen molar-refractivity contribution in [3.63, 3.8) is 0 Å². The predicted octanol–water partition coefficient (Wildman–Crippen LogP) is 5.02. The Labute approximate surface area is 298 Å². The van der Waals surface area contributed by atoms with Crippen LogP contribution < -0.4 is 19.9 Å². The van der Waals surface area contributed by atoms with Crippen molar-refractivity contribution in [3.8, 4) is 5.75 Å². The van der Waals surface area contributed by atoms with Crippen molar-refractivity contribution in [3.05, 3.63) is 76.6 Å². The van der Waals surface area contributed by atoms with Gasteiger partial charge in [-0.05, 0) is 87.3 Å². The van der Waals surface area contributed by atoms with E-state index in [0.717, 1.165) is 99.9 Å². The van der Waals surface area contributed by atoms with E-state index in [1.54, 1.807) is 0 Å². The number of hydrogen-bond acceptors (Lipinski definition) is 8. The van der Waals surface area contributed by atoms with Crippen molar-refractivity contribution >= 4 is 50.3 Å². The molecule has 246 valence electrons. The average molecular weight is 780 g/mol. The average Bonchev–Trinajstić information content (AvgIpc) is 3.57. The number of aromatic nitrogens is 5. The third kappa shape index (κ3) is 7.43. The van der Waals surface area contributed by atoms with Gasteiger partial charge in [0.05, 0.1) is 47.1 Å². The summed E-state index contributed by atoms with van der Waals surface area (Å²) < 4.78 is 6.44. The second-order valence-electron chi connectivity index (χ2n) is 11.2. The van der Waals surface area contributed by atoms with Gasteiger partial charge in [0, 0.05) is 5.97 Å². The van der Waals surface area contributed by atoms with Crippen LogP contribution in [0.3, 0.4) is 0 Å². The normalized spacial score (nSPS) is 13.6. The molecular weight excluding hydrogens is 741 g/mol. The maximum absolute atomic E-state index is 11.5. The molecule has 0 radical (unpaired) electrons. The first kappa shape index (κ1) is 35.5. The molecule has 0 fully saturated rings. The summed E-state index contributed by atoms with van der Waals surface area (Å²) in [6, 6.07) is 9.93. The molecular formula is C36H38LuN5O4. The maximum Gasteiger partial charge on any atom is 3.00 e. The zero-order valence-electron chi connectivity index (χ0n) is 26.8. The van der Waals surface area contributed by atoms with Gasteiger partial charge < -0.3 is 24.7 Å². The molecule has 3 aromatic rings. The molecule has 1 aromatic carbocycles. The third-order valence-electron chi connectivity index (χ3n) is 8.27. The Morgan fingerprint density at radius 2 is 1.59 bits per heavy atom. The quantitative estimate of drug-likeness (QED) is 0.350. The first-order valence-electron chi connectivity index (χ1n) is 15.6. The molecule has 9 nitrogen and oxygen atoms in total. The van der Waals surface area contributed by atoms with Gasteiger partial charge in [-0.2, -0.15) is 0 Å². The minimum Gasteiger partial charge on any atom is -0.854 e. The number of hydrogen-bond donors (Lipinski definition) is 0. The van der Waals surface area contributed by atoms with Crippen molar-refractivity contribution in [1.29, 1.82) is 0 Å². The van der Waals surface area contributed by atoms with Crippen molar-refractivity contribution in [2.45, 2.75) is 73.1 Å². The fraction of sp³-hybridized carbons (Fsp3) is 0.361. The Morgan fingerprint density at radius 1 is 0.957 bits per heavy atom. The van der Waals surface area contributed by atoms with Gasteiger partial charge in [-0.3, -0.25) is 9.97 Å². The van der Waals surface area contributed by atoms with E-state index in [4.69, 9.17) is 39.6 Å². The summed E-state index contributed by atoms with van der Waals surface area (Å²) in [5.41, 5.74) is 13.5. The van der Waals surface area contributed by atoms with Crippen LogP contribution in [-0.4, -0.2) is 39.1 Å².